The topological polar surface area (TPSA) is 66.2 Å². The summed E-state index contributed by atoms with van der Waals surface area (Å²) in [4.78, 5) is 12.0. The lowest BCUT2D eigenvalue weighted by Gasteiger charge is -2.31. The Bertz CT molecular complexity index is 805. The molecule has 0 spiro atoms. The normalized spacial score (nSPS) is 25.4. The number of rotatable bonds is 5. The van der Waals surface area contributed by atoms with E-state index in [1.165, 1.54) is 31.0 Å². The zero-order valence-corrected chi connectivity index (χ0v) is 16.6. The van der Waals surface area contributed by atoms with E-state index in [-0.39, 0.29) is 11.2 Å². The second-order valence-electron chi connectivity index (χ2n) is 7.30. The minimum atomic E-state index is -0.185. The fraction of sp³-hybridized carbons (Fsp3) is 0.550. The van der Waals surface area contributed by atoms with Gasteiger partial charge in [0.1, 0.15) is 11.0 Å². The molecule has 1 aromatic carbocycles. The maximum absolute atomic E-state index is 12.0. The molecule has 2 aliphatic rings. The number of esters is 1. The SMILES string of the molecule is COc1ccc(-c2nnc(S[C@@H]3CCOC3=O)n2[C@@H]2CCCC[C@@H]2C)cc1. The second-order valence-corrected chi connectivity index (χ2v) is 8.47. The van der Waals surface area contributed by atoms with Crippen LogP contribution in [0.15, 0.2) is 29.4 Å². The van der Waals surface area contributed by atoms with Crippen molar-refractivity contribution in [3.05, 3.63) is 24.3 Å². The molecule has 1 aliphatic heterocycles. The monoisotopic (exact) mass is 387 g/mol. The lowest BCUT2D eigenvalue weighted by Crippen LogP contribution is -2.23. The van der Waals surface area contributed by atoms with Gasteiger partial charge in [-0.25, -0.2) is 0 Å². The highest BCUT2D eigenvalue weighted by atomic mass is 32.2. The highest BCUT2D eigenvalue weighted by Gasteiger charge is 2.33. The van der Waals surface area contributed by atoms with Crippen LogP contribution in [-0.2, 0) is 9.53 Å². The molecule has 1 aliphatic carbocycles. The van der Waals surface area contributed by atoms with E-state index in [0.717, 1.165) is 35.1 Å². The molecule has 0 unspecified atom stereocenters. The third kappa shape index (κ3) is 3.70. The minimum Gasteiger partial charge on any atom is -0.497 e. The third-order valence-electron chi connectivity index (χ3n) is 5.55. The summed E-state index contributed by atoms with van der Waals surface area (Å²) in [5.74, 6) is 2.10. The first-order valence-corrected chi connectivity index (χ1v) is 10.5. The van der Waals surface area contributed by atoms with E-state index in [1.807, 2.05) is 24.3 Å². The minimum absolute atomic E-state index is 0.141. The van der Waals surface area contributed by atoms with Crippen LogP contribution in [0.2, 0.25) is 0 Å². The smallest absolute Gasteiger partial charge is 0.319 e. The number of nitrogens with zero attached hydrogens (tertiary/aromatic N) is 3. The highest BCUT2D eigenvalue weighted by Crippen LogP contribution is 2.40. The molecular formula is C20H25N3O3S. The molecule has 1 aromatic heterocycles. The van der Waals surface area contributed by atoms with E-state index in [9.17, 15) is 4.79 Å². The summed E-state index contributed by atoms with van der Waals surface area (Å²) in [7, 11) is 1.66. The van der Waals surface area contributed by atoms with Gasteiger partial charge in [0, 0.05) is 18.0 Å². The number of hydrogen-bond donors (Lipinski definition) is 0. The van der Waals surface area contributed by atoms with Crippen molar-refractivity contribution in [1.29, 1.82) is 0 Å². The third-order valence-corrected chi connectivity index (χ3v) is 6.75. The fourth-order valence-electron chi connectivity index (χ4n) is 3.99. The van der Waals surface area contributed by atoms with Gasteiger partial charge in [0.15, 0.2) is 11.0 Å². The van der Waals surface area contributed by atoms with Crippen molar-refractivity contribution in [3.8, 4) is 17.1 Å². The second kappa shape index (κ2) is 7.92. The number of carbonyl (C=O) groups is 1. The standard InChI is InChI=1S/C20H25N3O3S/c1-13-5-3-4-6-16(13)23-18(14-7-9-15(25-2)10-8-14)21-22-20(23)27-17-11-12-26-19(17)24/h7-10,13,16-17H,3-6,11-12H2,1-2H3/t13-,16+,17+/m0/s1. The quantitative estimate of drug-likeness (QED) is 0.719. The van der Waals surface area contributed by atoms with Crippen LogP contribution < -0.4 is 4.74 Å². The first kappa shape index (κ1) is 18.3. The Morgan fingerprint density at radius 3 is 2.59 bits per heavy atom. The molecule has 0 N–H and O–H groups in total. The maximum atomic E-state index is 12.0. The van der Waals surface area contributed by atoms with Gasteiger partial charge in [-0.05, 0) is 43.0 Å². The van der Waals surface area contributed by atoms with Gasteiger partial charge in [-0.3, -0.25) is 9.36 Å². The van der Waals surface area contributed by atoms with Crippen molar-refractivity contribution in [1.82, 2.24) is 14.8 Å². The average Bonchev–Trinajstić information content (AvgIpc) is 3.29. The predicted molar refractivity (Wildman–Crippen MR) is 104 cm³/mol. The number of thioether (sulfide) groups is 1. The number of carbonyl (C=O) groups excluding carboxylic acids is 1. The van der Waals surface area contributed by atoms with Crippen molar-refractivity contribution in [2.24, 2.45) is 5.92 Å². The van der Waals surface area contributed by atoms with Crippen LogP contribution in [0.4, 0.5) is 0 Å². The molecule has 2 aromatic rings. The number of cyclic esters (lactones) is 1. The molecule has 7 heteroatoms. The van der Waals surface area contributed by atoms with Crippen LogP contribution in [0.3, 0.4) is 0 Å². The van der Waals surface area contributed by atoms with Gasteiger partial charge in [-0.1, -0.05) is 31.5 Å². The fourth-order valence-corrected chi connectivity index (χ4v) is 5.04. The Kier molecular flexibility index (Phi) is 5.38. The summed E-state index contributed by atoms with van der Waals surface area (Å²) in [6.45, 7) is 2.80. The molecule has 0 radical (unpaired) electrons. The van der Waals surface area contributed by atoms with Crippen LogP contribution in [0.1, 0.15) is 45.1 Å². The van der Waals surface area contributed by atoms with Gasteiger partial charge in [0.05, 0.1) is 13.7 Å². The van der Waals surface area contributed by atoms with Crippen molar-refractivity contribution in [2.45, 2.75) is 55.5 Å². The van der Waals surface area contributed by atoms with E-state index >= 15 is 0 Å². The van der Waals surface area contributed by atoms with Crippen molar-refractivity contribution in [2.75, 3.05) is 13.7 Å². The molecule has 0 amide bonds. The molecule has 2 fully saturated rings. The molecule has 3 atom stereocenters. The average molecular weight is 388 g/mol. The maximum Gasteiger partial charge on any atom is 0.319 e. The number of methoxy groups -OCH3 is 1. The van der Waals surface area contributed by atoms with Crippen LogP contribution in [-0.4, -0.2) is 39.7 Å². The lowest BCUT2D eigenvalue weighted by molar-refractivity contribution is -0.137. The van der Waals surface area contributed by atoms with Gasteiger partial charge in [0.25, 0.3) is 0 Å². The number of benzene rings is 1. The van der Waals surface area contributed by atoms with Gasteiger partial charge in [0.2, 0.25) is 0 Å². The van der Waals surface area contributed by atoms with Crippen molar-refractivity contribution in [3.63, 3.8) is 0 Å². The number of aromatic nitrogens is 3. The van der Waals surface area contributed by atoms with Crippen molar-refractivity contribution < 1.29 is 14.3 Å². The molecular weight excluding hydrogens is 362 g/mol. The zero-order valence-electron chi connectivity index (χ0n) is 15.8. The highest BCUT2D eigenvalue weighted by molar-refractivity contribution is 8.00. The Balaban J connectivity index is 1.72. The molecule has 1 saturated heterocycles. The summed E-state index contributed by atoms with van der Waals surface area (Å²) >= 11 is 1.49. The molecule has 0 bridgehead atoms. The van der Waals surface area contributed by atoms with E-state index in [2.05, 4.69) is 21.7 Å². The van der Waals surface area contributed by atoms with Crippen LogP contribution in [0.5, 0.6) is 5.75 Å². The number of hydrogen-bond acceptors (Lipinski definition) is 6. The first-order chi connectivity index (χ1) is 13.2. The molecule has 27 heavy (non-hydrogen) atoms. The predicted octanol–water partition coefficient (Wildman–Crippen LogP) is 4.11. The van der Waals surface area contributed by atoms with Crippen LogP contribution >= 0.6 is 11.8 Å². The van der Waals surface area contributed by atoms with Gasteiger partial charge in [-0.2, -0.15) is 0 Å². The molecule has 2 heterocycles. The Morgan fingerprint density at radius 1 is 1.15 bits per heavy atom. The van der Waals surface area contributed by atoms with E-state index < -0.39 is 0 Å². The Labute approximate surface area is 163 Å². The Morgan fingerprint density at radius 2 is 1.93 bits per heavy atom. The largest absolute Gasteiger partial charge is 0.497 e. The molecule has 4 rings (SSSR count). The van der Waals surface area contributed by atoms with Gasteiger partial charge in [-0.15, -0.1) is 10.2 Å². The van der Waals surface area contributed by atoms with Crippen LogP contribution in [0.25, 0.3) is 11.4 Å². The van der Waals surface area contributed by atoms with E-state index in [1.54, 1.807) is 7.11 Å². The summed E-state index contributed by atoms with van der Waals surface area (Å²) in [6, 6.07) is 8.28. The molecule has 6 nitrogen and oxygen atoms in total. The summed E-state index contributed by atoms with van der Waals surface area (Å²) in [5, 5.41) is 9.64. The van der Waals surface area contributed by atoms with E-state index in [4.69, 9.17) is 9.47 Å². The van der Waals surface area contributed by atoms with Crippen molar-refractivity contribution >= 4 is 17.7 Å². The first-order valence-electron chi connectivity index (χ1n) is 9.60. The molecule has 144 valence electrons. The molecule has 1 saturated carbocycles. The summed E-state index contributed by atoms with van der Waals surface area (Å²) in [6.07, 6.45) is 5.54. The summed E-state index contributed by atoms with van der Waals surface area (Å²) in [5.41, 5.74) is 1.02. The number of ether oxygens (including phenoxy) is 2. The van der Waals surface area contributed by atoms with Gasteiger partial charge < -0.3 is 9.47 Å². The lowest BCUT2D eigenvalue weighted by atomic mass is 9.85. The van der Waals surface area contributed by atoms with Gasteiger partial charge >= 0.3 is 5.97 Å². The van der Waals surface area contributed by atoms with E-state index in [0.29, 0.717) is 18.6 Å². The van der Waals surface area contributed by atoms with Crippen LogP contribution in [0, 0.1) is 5.92 Å². The summed E-state index contributed by atoms with van der Waals surface area (Å²) < 4.78 is 12.7. The Hall–Kier alpha value is -2.02. The zero-order chi connectivity index (χ0) is 18.8.